The number of piperidine rings is 3. The predicted octanol–water partition coefficient (Wildman–Crippen LogP) is 2.65. The molecule has 3 atom stereocenters. The van der Waals surface area contributed by atoms with Gasteiger partial charge < -0.3 is 19.5 Å². The summed E-state index contributed by atoms with van der Waals surface area (Å²) in [5, 5.41) is 0.985. The number of likely N-dealkylation sites (tertiary alicyclic amines) is 1. The molecular formula is C21H25N3O3. The third-order valence-corrected chi connectivity index (χ3v) is 6.53. The van der Waals surface area contributed by atoms with Crippen LogP contribution in [0.25, 0.3) is 10.9 Å². The highest BCUT2D eigenvalue weighted by Crippen LogP contribution is 2.38. The normalized spacial score (nSPS) is 27.6. The zero-order valence-electron chi connectivity index (χ0n) is 15.6. The number of methoxy groups -OCH3 is 1. The van der Waals surface area contributed by atoms with Gasteiger partial charge in [-0.15, -0.1) is 0 Å². The lowest BCUT2D eigenvalue weighted by Gasteiger charge is -2.52. The summed E-state index contributed by atoms with van der Waals surface area (Å²) in [5.74, 6) is 1.97. The summed E-state index contributed by atoms with van der Waals surface area (Å²) in [6, 6.07) is 8.03. The van der Waals surface area contributed by atoms with Crippen molar-refractivity contribution in [3.63, 3.8) is 0 Å². The Balaban J connectivity index is 1.38. The highest BCUT2D eigenvalue weighted by Gasteiger charge is 2.44. The Hall–Kier alpha value is -2.50. The predicted molar refractivity (Wildman–Crippen MR) is 102 cm³/mol. The lowest BCUT2D eigenvalue weighted by molar-refractivity contribution is -0.144. The minimum atomic E-state index is 0.0652. The summed E-state index contributed by atoms with van der Waals surface area (Å²) >= 11 is 0. The smallest absolute Gasteiger partial charge is 0.270 e. The molecule has 2 bridgehead atoms. The van der Waals surface area contributed by atoms with Crippen LogP contribution in [0, 0.1) is 11.8 Å². The second-order valence-corrected chi connectivity index (χ2v) is 8.21. The van der Waals surface area contributed by atoms with Gasteiger partial charge in [-0.25, -0.2) is 0 Å². The molecule has 5 rings (SSSR count). The lowest BCUT2D eigenvalue weighted by Crippen LogP contribution is -2.61. The van der Waals surface area contributed by atoms with Gasteiger partial charge in [0.05, 0.1) is 7.11 Å². The van der Waals surface area contributed by atoms with Gasteiger partial charge in [-0.3, -0.25) is 9.59 Å². The van der Waals surface area contributed by atoms with Gasteiger partial charge in [-0.05, 0) is 55.4 Å². The molecule has 4 heterocycles. The molecule has 0 radical (unpaired) electrons. The molecule has 3 saturated heterocycles. The Kier molecular flexibility index (Phi) is 3.88. The van der Waals surface area contributed by atoms with Crippen LogP contribution >= 0.6 is 0 Å². The molecule has 1 aromatic heterocycles. The number of amides is 2. The number of hydrogen-bond donors (Lipinski definition) is 1. The van der Waals surface area contributed by atoms with Crippen molar-refractivity contribution in [2.45, 2.75) is 31.7 Å². The number of aromatic nitrogens is 1. The van der Waals surface area contributed by atoms with Crippen molar-refractivity contribution in [2.75, 3.05) is 26.7 Å². The van der Waals surface area contributed by atoms with Crippen molar-refractivity contribution in [2.24, 2.45) is 11.8 Å². The van der Waals surface area contributed by atoms with Gasteiger partial charge >= 0.3 is 0 Å². The summed E-state index contributed by atoms with van der Waals surface area (Å²) in [6.45, 7) is 2.31. The van der Waals surface area contributed by atoms with Gasteiger partial charge in [-0.1, -0.05) is 0 Å². The molecule has 27 heavy (non-hydrogen) atoms. The van der Waals surface area contributed by atoms with E-state index in [9.17, 15) is 9.59 Å². The fraction of sp³-hybridized carbons (Fsp3) is 0.524. The maximum Gasteiger partial charge on any atom is 0.270 e. The molecule has 6 nitrogen and oxygen atoms in total. The van der Waals surface area contributed by atoms with Crippen molar-refractivity contribution in [3.8, 4) is 5.75 Å². The van der Waals surface area contributed by atoms with Crippen molar-refractivity contribution in [1.29, 1.82) is 0 Å². The molecule has 1 aromatic carbocycles. The van der Waals surface area contributed by atoms with Crippen molar-refractivity contribution in [3.05, 3.63) is 30.0 Å². The number of ether oxygens (including phenoxy) is 1. The second kappa shape index (κ2) is 6.29. The van der Waals surface area contributed by atoms with Crippen LogP contribution in [0.3, 0.4) is 0 Å². The highest BCUT2D eigenvalue weighted by molar-refractivity contribution is 5.98. The first-order valence-corrected chi connectivity index (χ1v) is 9.88. The summed E-state index contributed by atoms with van der Waals surface area (Å²) in [5.41, 5.74) is 1.58. The van der Waals surface area contributed by atoms with E-state index in [2.05, 4.69) is 9.88 Å². The van der Waals surface area contributed by atoms with Gasteiger partial charge in [-0.2, -0.15) is 0 Å². The Labute approximate surface area is 158 Å². The Morgan fingerprint density at radius 2 is 2.11 bits per heavy atom. The first-order chi connectivity index (χ1) is 13.1. The molecule has 3 fully saturated rings. The average Bonchev–Trinajstić information content (AvgIpc) is 3.11. The van der Waals surface area contributed by atoms with Crippen LogP contribution in [0.5, 0.6) is 5.75 Å². The highest BCUT2D eigenvalue weighted by atomic mass is 16.5. The van der Waals surface area contributed by atoms with Crippen LogP contribution in [-0.4, -0.2) is 59.4 Å². The molecule has 0 aliphatic carbocycles. The van der Waals surface area contributed by atoms with Crippen LogP contribution in [0.4, 0.5) is 0 Å². The maximum atomic E-state index is 13.2. The molecule has 1 N–H and O–H groups in total. The number of hydrogen-bond acceptors (Lipinski definition) is 3. The minimum absolute atomic E-state index is 0.0652. The largest absolute Gasteiger partial charge is 0.497 e. The summed E-state index contributed by atoms with van der Waals surface area (Å²) in [4.78, 5) is 32.8. The van der Waals surface area contributed by atoms with Crippen molar-refractivity contribution < 1.29 is 14.3 Å². The number of carbonyl (C=O) groups excluding carboxylic acids is 2. The molecule has 3 aliphatic heterocycles. The Morgan fingerprint density at radius 1 is 1.22 bits per heavy atom. The summed E-state index contributed by atoms with van der Waals surface area (Å²) in [7, 11) is 1.64. The molecule has 6 heteroatoms. The molecule has 3 aliphatic rings. The van der Waals surface area contributed by atoms with Crippen LogP contribution in [0.1, 0.15) is 36.2 Å². The third kappa shape index (κ3) is 2.78. The van der Waals surface area contributed by atoms with E-state index in [0.29, 0.717) is 35.9 Å². The van der Waals surface area contributed by atoms with Crippen molar-refractivity contribution in [1.82, 2.24) is 14.8 Å². The summed E-state index contributed by atoms with van der Waals surface area (Å²) in [6.07, 6.45) is 3.90. The first kappa shape index (κ1) is 16.7. The second-order valence-electron chi connectivity index (χ2n) is 8.21. The van der Waals surface area contributed by atoms with E-state index < -0.39 is 0 Å². The maximum absolute atomic E-state index is 13.2. The van der Waals surface area contributed by atoms with Crippen molar-refractivity contribution >= 4 is 22.7 Å². The number of fused-ring (bicyclic) bond motifs is 5. The molecule has 142 valence electrons. The van der Waals surface area contributed by atoms with Gasteiger partial charge in [0.2, 0.25) is 5.91 Å². The van der Waals surface area contributed by atoms with E-state index in [4.69, 9.17) is 4.74 Å². The lowest BCUT2D eigenvalue weighted by atomic mass is 9.76. The van der Waals surface area contributed by atoms with Gasteiger partial charge in [0, 0.05) is 43.0 Å². The van der Waals surface area contributed by atoms with Gasteiger partial charge in [0.1, 0.15) is 11.4 Å². The number of nitrogens with one attached hydrogen (secondary N) is 1. The zero-order valence-corrected chi connectivity index (χ0v) is 15.6. The number of aromatic amines is 1. The van der Waals surface area contributed by atoms with E-state index in [1.165, 1.54) is 0 Å². The monoisotopic (exact) mass is 367 g/mol. The number of H-pyrrole nitrogens is 1. The van der Waals surface area contributed by atoms with E-state index in [0.717, 1.165) is 55.5 Å². The van der Waals surface area contributed by atoms with Crippen LogP contribution in [0.2, 0.25) is 0 Å². The molecule has 0 spiro atoms. The standard InChI is InChI=1S/C21H25N3O3/c1-27-16-5-6-17-14(8-16)9-18(22-17)21(26)23-10-13-7-15(12-23)19-3-2-4-20(25)24(19)11-13/h5-6,8-9,13,15,19,22H,2-4,7,10-12H2,1H3/t13-,15+,19-/m1/s1. The van der Waals surface area contributed by atoms with Crippen LogP contribution < -0.4 is 4.74 Å². The molecule has 2 amide bonds. The molecule has 2 aromatic rings. The van der Waals surface area contributed by atoms with Crippen LogP contribution in [0.15, 0.2) is 24.3 Å². The summed E-state index contributed by atoms with van der Waals surface area (Å²) < 4.78 is 5.28. The fourth-order valence-corrected chi connectivity index (χ4v) is 5.30. The SMILES string of the molecule is COc1ccc2[nH]c(C(=O)N3C[C@H]4C[C@@H](C3)[C@H]3CCCC(=O)N3C4)cc2c1. The average molecular weight is 367 g/mol. The van der Waals surface area contributed by atoms with Gasteiger partial charge in [0.15, 0.2) is 0 Å². The zero-order chi connectivity index (χ0) is 18.5. The fourth-order valence-electron chi connectivity index (χ4n) is 5.30. The Bertz CT molecular complexity index is 905. The topological polar surface area (TPSA) is 65.6 Å². The first-order valence-electron chi connectivity index (χ1n) is 9.88. The molecular weight excluding hydrogens is 342 g/mol. The number of rotatable bonds is 2. The Morgan fingerprint density at radius 3 is 2.96 bits per heavy atom. The van der Waals surface area contributed by atoms with E-state index in [1.54, 1.807) is 7.11 Å². The van der Waals surface area contributed by atoms with Crippen LogP contribution in [-0.2, 0) is 4.79 Å². The quantitative estimate of drug-likeness (QED) is 0.887. The van der Waals surface area contributed by atoms with E-state index in [-0.39, 0.29) is 5.91 Å². The number of nitrogens with zero attached hydrogens (tertiary/aromatic N) is 2. The number of carbonyl (C=O) groups is 2. The number of benzene rings is 1. The van der Waals surface area contributed by atoms with E-state index in [1.807, 2.05) is 29.2 Å². The molecule has 0 saturated carbocycles. The van der Waals surface area contributed by atoms with Gasteiger partial charge in [0.25, 0.3) is 5.91 Å². The molecule has 0 unspecified atom stereocenters. The van der Waals surface area contributed by atoms with E-state index >= 15 is 0 Å². The third-order valence-electron chi connectivity index (χ3n) is 6.53. The minimum Gasteiger partial charge on any atom is -0.497 e.